The van der Waals surface area contributed by atoms with Crippen LogP contribution in [-0.2, 0) is 16.0 Å². The molecule has 17 heavy (non-hydrogen) atoms. The molecule has 1 amide bonds. The van der Waals surface area contributed by atoms with E-state index in [1.807, 2.05) is 14.0 Å². The van der Waals surface area contributed by atoms with E-state index in [0.717, 1.165) is 11.4 Å². The van der Waals surface area contributed by atoms with E-state index in [0.29, 0.717) is 18.3 Å². The zero-order valence-corrected chi connectivity index (χ0v) is 10.7. The summed E-state index contributed by atoms with van der Waals surface area (Å²) in [4.78, 5) is 12.0. The number of hydrogen-bond donors (Lipinski definition) is 2. The molecule has 2 N–H and O–H groups in total. The lowest BCUT2D eigenvalue weighted by Crippen LogP contribution is -2.39. The highest BCUT2D eigenvalue weighted by Gasteiger charge is 2.33. The van der Waals surface area contributed by atoms with E-state index in [1.54, 1.807) is 0 Å². The van der Waals surface area contributed by atoms with Crippen molar-refractivity contribution in [3.8, 4) is 0 Å². The van der Waals surface area contributed by atoms with Crippen LogP contribution in [0.2, 0.25) is 0 Å². The van der Waals surface area contributed by atoms with E-state index in [9.17, 15) is 4.79 Å². The van der Waals surface area contributed by atoms with Gasteiger partial charge in [-0.05, 0) is 13.5 Å². The van der Waals surface area contributed by atoms with Crippen molar-refractivity contribution < 1.29 is 9.53 Å². The molecule has 1 saturated heterocycles. The van der Waals surface area contributed by atoms with Crippen molar-refractivity contribution in [2.75, 3.05) is 25.6 Å². The molecule has 1 aromatic heterocycles. The fourth-order valence-electron chi connectivity index (χ4n) is 1.74. The highest BCUT2D eigenvalue weighted by molar-refractivity contribution is 7.15. The van der Waals surface area contributed by atoms with Gasteiger partial charge >= 0.3 is 0 Å². The second-order valence-electron chi connectivity index (χ2n) is 3.88. The number of carbonyl (C=O) groups is 1. The summed E-state index contributed by atoms with van der Waals surface area (Å²) in [6.07, 6.45) is 0.833. The predicted octanol–water partition coefficient (Wildman–Crippen LogP) is 0.273. The maximum absolute atomic E-state index is 12.0. The second-order valence-corrected chi connectivity index (χ2v) is 4.94. The first-order valence-electron chi connectivity index (χ1n) is 5.62. The molecule has 2 unspecified atom stereocenters. The van der Waals surface area contributed by atoms with Crippen LogP contribution in [-0.4, -0.2) is 42.4 Å². The van der Waals surface area contributed by atoms with Gasteiger partial charge in [-0.25, -0.2) is 0 Å². The number of rotatable bonds is 4. The standard InChI is InChI=1S/C10H16N4O2S/c1-3-8-13-14-10(17-8)12-9(15)6-4-16-5-7(6)11-2/h6-7,11H,3-5H2,1-2H3,(H,12,14,15). The lowest BCUT2D eigenvalue weighted by atomic mass is 10.0. The summed E-state index contributed by atoms with van der Waals surface area (Å²) in [5.41, 5.74) is 0. The van der Waals surface area contributed by atoms with Crippen LogP contribution in [0.25, 0.3) is 0 Å². The van der Waals surface area contributed by atoms with Crippen LogP contribution in [0.3, 0.4) is 0 Å². The number of carbonyl (C=O) groups excluding carboxylic acids is 1. The Morgan fingerprint density at radius 2 is 2.35 bits per heavy atom. The summed E-state index contributed by atoms with van der Waals surface area (Å²) in [5, 5.41) is 15.2. The Bertz CT molecular complexity index is 395. The Morgan fingerprint density at radius 3 is 3.00 bits per heavy atom. The van der Waals surface area contributed by atoms with Crippen molar-refractivity contribution in [2.45, 2.75) is 19.4 Å². The van der Waals surface area contributed by atoms with Gasteiger partial charge in [0.05, 0.1) is 19.1 Å². The molecule has 0 radical (unpaired) electrons. The van der Waals surface area contributed by atoms with Crippen LogP contribution >= 0.6 is 11.3 Å². The first-order valence-corrected chi connectivity index (χ1v) is 6.44. The Hall–Kier alpha value is -1.05. The molecule has 1 aromatic rings. The van der Waals surface area contributed by atoms with E-state index >= 15 is 0 Å². The van der Waals surface area contributed by atoms with Gasteiger partial charge in [-0.1, -0.05) is 18.3 Å². The number of hydrogen-bond acceptors (Lipinski definition) is 6. The Balaban J connectivity index is 1.96. The number of aromatic nitrogens is 2. The quantitative estimate of drug-likeness (QED) is 0.809. The second kappa shape index (κ2) is 5.52. The van der Waals surface area contributed by atoms with E-state index in [2.05, 4.69) is 20.8 Å². The van der Waals surface area contributed by atoms with Crippen molar-refractivity contribution in [1.29, 1.82) is 0 Å². The zero-order valence-electron chi connectivity index (χ0n) is 9.90. The molecule has 1 fully saturated rings. The lowest BCUT2D eigenvalue weighted by Gasteiger charge is -2.14. The molecular formula is C10H16N4O2S. The smallest absolute Gasteiger partial charge is 0.233 e. The van der Waals surface area contributed by atoms with Crippen LogP contribution in [0.4, 0.5) is 5.13 Å². The van der Waals surface area contributed by atoms with Gasteiger partial charge in [0.25, 0.3) is 0 Å². The SMILES string of the molecule is CCc1nnc(NC(=O)C2COCC2NC)s1. The number of nitrogens with one attached hydrogen (secondary N) is 2. The summed E-state index contributed by atoms with van der Waals surface area (Å²) in [6.45, 7) is 3.04. The molecule has 1 aliphatic heterocycles. The number of aryl methyl sites for hydroxylation is 1. The first kappa shape index (κ1) is 12.4. The van der Waals surface area contributed by atoms with Crippen molar-refractivity contribution in [1.82, 2.24) is 15.5 Å². The summed E-state index contributed by atoms with van der Waals surface area (Å²) in [7, 11) is 1.83. The molecule has 1 aliphatic rings. The number of anilines is 1. The van der Waals surface area contributed by atoms with Gasteiger partial charge in [-0.15, -0.1) is 10.2 Å². The summed E-state index contributed by atoms with van der Waals surface area (Å²) >= 11 is 1.41. The zero-order chi connectivity index (χ0) is 12.3. The Morgan fingerprint density at radius 1 is 1.53 bits per heavy atom. The van der Waals surface area contributed by atoms with Crippen LogP contribution in [0, 0.1) is 5.92 Å². The fourth-order valence-corrected chi connectivity index (χ4v) is 2.42. The van der Waals surface area contributed by atoms with Gasteiger partial charge in [0, 0.05) is 6.04 Å². The Labute approximate surface area is 104 Å². The average molecular weight is 256 g/mol. The predicted molar refractivity (Wildman–Crippen MR) is 65.1 cm³/mol. The monoisotopic (exact) mass is 256 g/mol. The van der Waals surface area contributed by atoms with Crippen molar-refractivity contribution >= 4 is 22.4 Å². The first-order chi connectivity index (χ1) is 8.24. The average Bonchev–Trinajstić information content (AvgIpc) is 2.96. The number of nitrogens with zero attached hydrogens (tertiary/aromatic N) is 2. The van der Waals surface area contributed by atoms with Gasteiger partial charge in [-0.2, -0.15) is 0 Å². The molecule has 2 atom stereocenters. The van der Waals surface area contributed by atoms with Crippen molar-refractivity contribution in [3.05, 3.63) is 5.01 Å². The van der Waals surface area contributed by atoms with E-state index < -0.39 is 0 Å². The van der Waals surface area contributed by atoms with E-state index in [1.165, 1.54) is 11.3 Å². The van der Waals surface area contributed by atoms with Crippen LogP contribution < -0.4 is 10.6 Å². The topological polar surface area (TPSA) is 76.1 Å². The molecule has 94 valence electrons. The fraction of sp³-hybridized carbons (Fsp3) is 0.700. The highest BCUT2D eigenvalue weighted by Crippen LogP contribution is 2.19. The summed E-state index contributed by atoms with van der Waals surface area (Å²) < 4.78 is 5.29. The van der Waals surface area contributed by atoms with Crippen molar-refractivity contribution in [2.24, 2.45) is 5.92 Å². The number of amides is 1. The summed E-state index contributed by atoms with van der Waals surface area (Å²) in [5.74, 6) is -0.213. The van der Waals surface area contributed by atoms with Gasteiger partial charge in [0.15, 0.2) is 0 Å². The molecular weight excluding hydrogens is 240 g/mol. The van der Waals surface area contributed by atoms with Crippen LogP contribution in [0.15, 0.2) is 0 Å². The molecule has 6 nitrogen and oxygen atoms in total. The minimum atomic E-state index is -0.158. The van der Waals surface area contributed by atoms with Crippen molar-refractivity contribution in [3.63, 3.8) is 0 Å². The molecule has 7 heteroatoms. The maximum atomic E-state index is 12.0. The maximum Gasteiger partial charge on any atom is 0.233 e. The molecule has 0 bridgehead atoms. The third kappa shape index (κ3) is 2.80. The third-order valence-corrected chi connectivity index (χ3v) is 3.77. The minimum Gasteiger partial charge on any atom is -0.379 e. The lowest BCUT2D eigenvalue weighted by molar-refractivity contribution is -0.120. The van der Waals surface area contributed by atoms with Gasteiger partial charge in [-0.3, -0.25) is 4.79 Å². The van der Waals surface area contributed by atoms with Crippen LogP contribution in [0.5, 0.6) is 0 Å². The van der Waals surface area contributed by atoms with Gasteiger partial charge in [0.1, 0.15) is 5.01 Å². The van der Waals surface area contributed by atoms with E-state index in [-0.39, 0.29) is 17.9 Å². The summed E-state index contributed by atoms with van der Waals surface area (Å²) in [6, 6.07) is 0.0774. The third-order valence-electron chi connectivity index (χ3n) is 2.79. The highest BCUT2D eigenvalue weighted by atomic mass is 32.1. The molecule has 2 rings (SSSR count). The van der Waals surface area contributed by atoms with Gasteiger partial charge < -0.3 is 15.4 Å². The van der Waals surface area contributed by atoms with Gasteiger partial charge in [0.2, 0.25) is 11.0 Å². The van der Waals surface area contributed by atoms with Crippen LogP contribution in [0.1, 0.15) is 11.9 Å². The largest absolute Gasteiger partial charge is 0.379 e. The molecule has 0 spiro atoms. The molecule has 2 heterocycles. The van der Waals surface area contributed by atoms with E-state index in [4.69, 9.17) is 4.74 Å². The minimum absolute atomic E-state index is 0.0550. The molecule has 0 aromatic carbocycles. The Kier molecular flexibility index (Phi) is 4.03. The molecule has 0 saturated carbocycles. The number of ether oxygens (including phenoxy) is 1. The number of likely N-dealkylation sites (N-methyl/N-ethyl adjacent to an activating group) is 1. The normalized spacial score (nSPS) is 23.9. The molecule has 0 aliphatic carbocycles.